The summed E-state index contributed by atoms with van der Waals surface area (Å²) in [4.78, 5) is 16.8. The van der Waals surface area contributed by atoms with Crippen LogP contribution in [0.1, 0.15) is 41.3 Å². The standard InChI is InChI=1S/C18H26N4O.2ClH/c1-5-19-13(2)11-21-18(23)17-10-14(3)22(15(17)4)12-16-8-6-7-9-20-16;;/h6-10,13,19H,5,11-12H2,1-4H3,(H,21,23);2*1H/t13-;;/m1../s1. The second-order valence-electron chi connectivity index (χ2n) is 5.86. The predicted molar refractivity (Wildman–Crippen MR) is 107 cm³/mol. The number of nitrogens with one attached hydrogen (secondary N) is 2. The summed E-state index contributed by atoms with van der Waals surface area (Å²) in [6, 6.07) is 8.10. The van der Waals surface area contributed by atoms with E-state index in [1.54, 1.807) is 6.20 Å². The molecular weight excluding hydrogens is 359 g/mol. The van der Waals surface area contributed by atoms with Crippen molar-refractivity contribution in [1.29, 1.82) is 0 Å². The molecule has 0 aromatic carbocycles. The van der Waals surface area contributed by atoms with Gasteiger partial charge in [-0.15, -0.1) is 24.8 Å². The second-order valence-corrected chi connectivity index (χ2v) is 5.86. The number of hydrogen-bond acceptors (Lipinski definition) is 3. The number of hydrogen-bond donors (Lipinski definition) is 2. The van der Waals surface area contributed by atoms with Crippen LogP contribution < -0.4 is 10.6 Å². The predicted octanol–water partition coefficient (Wildman–Crippen LogP) is 3.12. The fourth-order valence-electron chi connectivity index (χ4n) is 2.69. The summed E-state index contributed by atoms with van der Waals surface area (Å²) in [5, 5.41) is 6.29. The first-order valence-electron chi connectivity index (χ1n) is 8.11. The lowest BCUT2D eigenvalue weighted by Gasteiger charge is -2.13. The number of aryl methyl sites for hydroxylation is 1. The van der Waals surface area contributed by atoms with E-state index in [4.69, 9.17) is 0 Å². The zero-order valence-electron chi connectivity index (χ0n) is 15.2. The van der Waals surface area contributed by atoms with Gasteiger partial charge in [0.2, 0.25) is 0 Å². The number of rotatable bonds is 7. The normalized spacial score (nSPS) is 11.2. The Kier molecular flexibility index (Phi) is 10.4. The summed E-state index contributed by atoms with van der Waals surface area (Å²) in [7, 11) is 0. The van der Waals surface area contributed by atoms with Crippen molar-refractivity contribution < 1.29 is 4.79 Å². The van der Waals surface area contributed by atoms with Gasteiger partial charge in [0.25, 0.3) is 5.91 Å². The van der Waals surface area contributed by atoms with Gasteiger partial charge in [-0.25, -0.2) is 0 Å². The van der Waals surface area contributed by atoms with Crippen molar-refractivity contribution in [3.63, 3.8) is 0 Å². The average Bonchev–Trinajstić information content (AvgIpc) is 2.82. The molecule has 2 heterocycles. The van der Waals surface area contributed by atoms with Gasteiger partial charge in [-0.3, -0.25) is 9.78 Å². The van der Waals surface area contributed by atoms with Gasteiger partial charge in [-0.2, -0.15) is 0 Å². The Morgan fingerprint density at radius 1 is 1.28 bits per heavy atom. The summed E-state index contributed by atoms with van der Waals surface area (Å²) >= 11 is 0. The van der Waals surface area contributed by atoms with Crippen molar-refractivity contribution in [2.45, 2.75) is 40.3 Å². The lowest BCUT2D eigenvalue weighted by molar-refractivity contribution is 0.0949. The van der Waals surface area contributed by atoms with Crippen LogP contribution in [0.3, 0.4) is 0 Å². The van der Waals surface area contributed by atoms with Crippen molar-refractivity contribution in [1.82, 2.24) is 20.2 Å². The molecule has 0 bridgehead atoms. The highest BCUT2D eigenvalue weighted by molar-refractivity contribution is 5.95. The van der Waals surface area contributed by atoms with Crippen LogP contribution in [0, 0.1) is 13.8 Å². The van der Waals surface area contributed by atoms with Gasteiger partial charge >= 0.3 is 0 Å². The molecule has 0 saturated heterocycles. The smallest absolute Gasteiger partial charge is 0.253 e. The van der Waals surface area contributed by atoms with Gasteiger partial charge in [0.15, 0.2) is 0 Å². The Balaban J connectivity index is 0.00000288. The Labute approximate surface area is 162 Å². The zero-order valence-corrected chi connectivity index (χ0v) is 16.8. The van der Waals surface area contributed by atoms with Crippen LogP contribution in [-0.4, -0.2) is 34.6 Å². The number of nitrogens with zero attached hydrogens (tertiary/aromatic N) is 2. The van der Waals surface area contributed by atoms with Crippen LogP contribution in [-0.2, 0) is 6.54 Å². The maximum absolute atomic E-state index is 12.4. The van der Waals surface area contributed by atoms with E-state index in [0.29, 0.717) is 13.1 Å². The summed E-state index contributed by atoms with van der Waals surface area (Å²) in [6.07, 6.45) is 1.79. The summed E-state index contributed by atoms with van der Waals surface area (Å²) < 4.78 is 2.13. The minimum absolute atomic E-state index is 0. The number of carbonyl (C=O) groups excluding carboxylic acids is 1. The molecule has 25 heavy (non-hydrogen) atoms. The molecular formula is C18H28Cl2N4O. The molecule has 1 atom stereocenters. The molecule has 0 saturated carbocycles. The van der Waals surface area contributed by atoms with Gasteiger partial charge in [-0.1, -0.05) is 13.0 Å². The summed E-state index contributed by atoms with van der Waals surface area (Å²) in [5.41, 5.74) is 3.77. The second kappa shape index (κ2) is 11.1. The molecule has 0 fully saturated rings. The molecule has 0 unspecified atom stereocenters. The van der Waals surface area contributed by atoms with Gasteiger partial charge in [0.05, 0.1) is 17.8 Å². The number of aromatic nitrogens is 2. The van der Waals surface area contributed by atoms with E-state index >= 15 is 0 Å². The number of carbonyl (C=O) groups is 1. The quantitative estimate of drug-likeness (QED) is 0.768. The first-order chi connectivity index (χ1) is 11.0. The third-order valence-electron chi connectivity index (χ3n) is 3.99. The maximum Gasteiger partial charge on any atom is 0.253 e. The van der Waals surface area contributed by atoms with Crippen LogP contribution in [0.5, 0.6) is 0 Å². The number of likely N-dealkylation sites (N-methyl/N-ethyl adjacent to an activating group) is 1. The fourth-order valence-corrected chi connectivity index (χ4v) is 2.69. The SMILES string of the molecule is CCN[C@H](C)CNC(=O)c1cc(C)n(Cc2ccccn2)c1C.Cl.Cl. The molecule has 0 spiro atoms. The Morgan fingerprint density at radius 3 is 2.60 bits per heavy atom. The topological polar surface area (TPSA) is 58.9 Å². The first-order valence-corrected chi connectivity index (χ1v) is 8.11. The molecule has 0 aliphatic rings. The number of amides is 1. The Bertz CT molecular complexity index is 659. The molecule has 0 radical (unpaired) electrons. The van der Waals surface area contributed by atoms with Crippen LogP contribution in [0.2, 0.25) is 0 Å². The molecule has 1 amide bonds. The van der Waals surface area contributed by atoms with E-state index in [1.807, 2.05) is 38.1 Å². The minimum atomic E-state index is -0.0184. The highest BCUT2D eigenvalue weighted by Crippen LogP contribution is 2.16. The molecule has 0 aliphatic carbocycles. The monoisotopic (exact) mass is 386 g/mol. The highest BCUT2D eigenvalue weighted by Gasteiger charge is 2.16. The van der Waals surface area contributed by atoms with E-state index in [9.17, 15) is 4.79 Å². The summed E-state index contributed by atoms with van der Waals surface area (Å²) in [5.74, 6) is -0.0184. The fraction of sp³-hybridized carbons (Fsp3) is 0.444. The van der Waals surface area contributed by atoms with E-state index in [-0.39, 0.29) is 36.8 Å². The van der Waals surface area contributed by atoms with Gasteiger partial charge in [-0.05, 0) is 45.5 Å². The molecule has 140 valence electrons. The lowest BCUT2D eigenvalue weighted by Crippen LogP contribution is -2.38. The van der Waals surface area contributed by atoms with Crippen LogP contribution in [0.25, 0.3) is 0 Å². The average molecular weight is 387 g/mol. The molecule has 7 heteroatoms. The molecule has 2 aromatic rings. The first kappa shape index (κ1) is 23.4. The van der Waals surface area contributed by atoms with Gasteiger partial charge < -0.3 is 15.2 Å². The van der Waals surface area contributed by atoms with Crippen LogP contribution in [0.15, 0.2) is 30.5 Å². The molecule has 2 N–H and O–H groups in total. The maximum atomic E-state index is 12.4. The Morgan fingerprint density at radius 2 is 2.00 bits per heavy atom. The van der Waals surface area contributed by atoms with E-state index < -0.39 is 0 Å². The van der Waals surface area contributed by atoms with Gasteiger partial charge in [0.1, 0.15) is 0 Å². The van der Waals surface area contributed by atoms with Crippen molar-refractivity contribution >= 4 is 30.7 Å². The molecule has 0 aliphatic heterocycles. The van der Waals surface area contributed by atoms with E-state index in [0.717, 1.165) is 29.2 Å². The van der Waals surface area contributed by atoms with Crippen molar-refractivity contribution in [2.75, 3.05) is 13.1 Å². The number of pyridine rings is 1. The van der Waals surface area contributed by atoms with E-state index in [1.165, 1.54) is 0 Å². The van der Waals surface area contributed by atoms with Crippen LogP contribution in [0.4, 0.5) is 0 Å². The largest absolute Gasteiger partial charge is 0.350 e. The van der Waals surface area contributed by atoms with Crippen LogP contribution >= 0.6 is 24.8 Å². The van der Waals surface area contributed by atoms with Crippen molar-refractivity contribution in [2.24, 2.45) is 0 Å². The molecule has 2 rings (SSSR count). The third-order valence-corrected chi connectivity index (χ3v) is 3.99. The summed E-state index contributed by atoms with van der Waals surface area (Å²) in [6.45, 7) is 10.3. The molecule has 2 aromatic heterocycles. The third kappa shape index (κ3) is 6.34. The van der Waals surface area contributed by atoms with E-state index in [2.05, 4.69) is 34.0 Å². The number of halogens is 2. The lowest BCUT2D eigenvalue weighted by atomic mass is 10.2. The van der Waals surface area contributed by atoms with Crippen molar-refractivity contribution in [3.05, 3.63) is 53.1 Å². The highest BCUT2D eigenvalue weighted by atomic mass is 35.5. The Hall–Kier alpha value is -1.56. The zero-order chi connectivity index (χ0) is 16.8. The minimum Gasteiger partial charge on any atom is -0.350 e. The molecule has 5 nitrogen and oxygen atoms in total. The van der Waals surface area contributed by atoms with Crippen molar-refractivity contribution in [3.8, 4) is 0 Å². The van der Waals surface area contributed by atoms with Gasteiger partial charge in [0, 0.05) is 30.2 Å².